The Morgan fingerprint density at radius 1 is 1.20 bits per heavy atom. The van der Waals surface area contributed by atoms with Crippen LogP contribution in [0, 0.1) is 6.92 Å². The molecule has 1 heterocycles. The number of ether oxygens (including phenoxy) is 2. The fourth-order valence-electron chi connectivity index (χ4n) is 2.32. The van der Waals surface area contributed by atoms with Crippen LogP contribution in [0.15, 0.2) is 47.1 Å². The van der Waals surface area contributed by atoms with Crippen molar-refractivity contribution in [3.63, 3.8) is 0 Å². The summed E-state index contributed by atoms with van der Waals surface area (Å²) in [5.41, 5.74) is 0.569. The third-order valence-corrected chi connectivity index (χ3v) is 3.65. The molecule has 3 aromatic rings. The minimum absolute atomic E-state index is 0.216. The molecule has 0 aliphatic heterocycles. The highest BCUT2D eigenvalue weighted by molar-refractivity contribution is 5.84. The van der Waals surface area contributed by atoms with Gasteiger partial charge in [0.15, 0.2) is 6.10 Å². The van der Waals surface area contributed by atoms with E-state index in [-0.39, 0.29) is 12.5 Å². The molecule has 130 valence electrons. The zero-order valence-electron chi connectivity index (χ0n) is 14.1. The molecule has 1 amide bonds. The molecule has 0 bridgehead atoms. The molecule has 1 atom stereocenters. The zero-order valence-corrected chi connectivity index (χ0v) is 14.1. The molecule has 7 heteroatoms. The molecule has 0 saturated carbocycles. The third-order valence-electron chi connectivity index (χ3n) is 3.65. The second-order valence-corrected chi connectivity index (χ2v) is 5.56. The van der Waals surface area contributed by atoms with Crippen LogP contribution in [-0.4, -0.2) is 35.5 Å². The molecule has 0 aliphatic rings. The number of hydrogen-bond acceptors (Lipinski definition) is 6. The molecule has 0 unspecified atom stereocenters. The molecule has 2 aromatic carbocycles. The number of nitrogens with one attached hydrogen (secondary N) is 1. The number of hydrogen-bond donors (Lipinski definition) is 1. The summed E-state index contributed by atoms with van der Waals surface area (Å²) < 4.78 is 15.6. The zero-order chi connectivity index (χ0) is 17.6. The van der Waals surface area contributed by atoms with Crippen molar-refractivity contribution in [3.8, 4) is 11.6 Å². The van der Waals surface area contributed by atoms with E-state index < -0.39 is 6.10 Å². The number of benzene rings is 2. The first-order chi connectivity index (χ1) is 12.1. The van der Waals surface area contributed by atoms with Gasteiger partial charge in [0.25, 0.3) is 11.8 Å². The molecule has 0 aliphatic carbocycles. The summed E-state index contributed by atoms with van der Waals surface area (Å²) in [7, 11) is 0. The molecule has 3 rings (SSSR count). The summed E-state index contributed by atoms with van der Waals surface area (Å²) in [5, 5.41) is 12.2. The Morgan fingerprint density at radius 3 is 2.76 bits per heavy atom. The van der Waals surface area contributed by atoms with Gasteiger partial charge in [-0.15, -0.1) is 0 Å². The lowest BCUT2D eigenvalue weighted by Crippen LogP contribution is -2.38. The third kappa shape index (κ3) is 4.26. The predicted octanol–water partition coefficient (Wildman–Crippen LogP) is 2.49. The summed E-state index contributed by atoms with van der Waals surface area (Å²) in [4.78, 5) is 12.1. The molecule has 1 aromatic heterocycles. The van der Waals surface area contributed by atoms with E-state index in [9.17, 15) is 4.79 Å². The number of rotatable bonds is 7. The summed E-state index contributed by atoms with van der Waals surface area (Å²) in [6.07, 6.45) is -0.614. The van der Waals surface area contributed by atoms with Crippen molar-refractivity contribution >= 4 is 16.7 Å². The van der Waals surface area contributed by atoms with Crippen LogP contribution in [0.1, 0.15) is 12.6 Å². The van der Waals surface area contributed by atoms with E-state index in [1.807, 2.05) is 42.5 Å². The minimum Gasteiger partial charge on any atom is -0.481 e. The number of nitrogens with zero attached hydrogens (tertiary/aromatic N) is 2. The molecule has 0 spiro atoms. The van der Waals surface area contributed by atoms with Crippen LogP contribution in [0.3, 0.4) is 0 Å². The first-order valence-electron chi connectivity index (χ1n) is 7.98. The van der Waals surface area contributed by atoms with E-state index >= 15 is 0 Å². The SMILES string of the molecule is Cc1nonc1OCCNC(=O)[C@@H](C)Oc1ccc2ccccc2c1. The van der Waals surface area contributed by atoms with Crippen molar-refractivity contribution in [1.29, 1.82) is 0 Å². The molecule has 1 N–H and O–H groups in total. The Balaban J connectivity index is 1.47. The maximum atomic E-state index is 12.1. The molecule has 0 saturated heterocycles. The fourth-order valence-corrected chi connectivity index (χ4v) is 2.32. The van der Waals surface area contributed by atoms with E-state index in [4.69, 9.17) is 9.47 Å². The molecular weight excluding hydrogens is 322 g/mol. The van der Waals surface area contributed by atoms with Gasteiger partial charge in [0.05, 0.1) is 6.54 Å². The average Bonchev–Trinajstić information content (AvgIpc) is 3.03. The van der Waals surface area contributed by atoms with Gasteiger partial charge < -0.3 is 14.8 Å². The maximum Gasteiger partial charge on any atom is 0.278 e. The first-order valence-corrected chi connectivity index (χ1v) is 7.98. The van der Waals surface area contributed by atoms with Gasteiger partial charge in [0.2, 0.25) is 0 Å². The van der Waals surface area contributed by atoms with Crippen LogP contribution in [-0.2, 0) is 4.79 Å². The number of aryl methyl sites for hydroxylation is 1. The molecule has 0 radical (unpaired) electrons. The van der Waals surface area contributed by atoms with E-state index in [0.717, 1.165) is 10.8 Å². The van der Waals surface area contributed by atoms with Gasteiger partial charge in [-0.1, -0.05) is 35.5 Å². The minimum atomic E-state index is -0.614. The molecule has 25 heavy (non-hydrogen) atoms. The summed E-state index contributed by atoms with van der Waals surface area (Å²) in [6, 6.07) is 13.7. The number of aromatic nitrogens is 2. The van der Waals surface area contributed by atoms with Gasteiger partial charge in [-0.2, -0.15) is 0 Å². The van der Waals surface area contributed by atoms with Crippen LogP contribution in [0.25, 0.3) is 10.8 Å². The average molecular weight is 341 g/mol. The van der Waals surface area contributed by atoms with Crippen LogP contribution >= 0.6 is 0 Å². The fraction of sp³-hybridized carbons (Fsp3) is 0.278. The van der Waals surface area contributed by atoms with Gasteiger partial charge in [-0.3, -0.25) is 4.79 Å². The van der Waals surface area contributed by atoms with Gasteiger partial charge in [-0.25, -0.2) is 4.63 Å². The number of carbonyl (C=O) groups excluding carboxylic acids is 1. The highest BCUT2D eigenvalue weighted by Gasteiger charge is 2.14. The normalized spacial score (nSPS) is 11.9. The largest absolute Gasteiger partial charge is 0.481 e. The van der Waals surface area contributed by atoms with Crippen molar-refractivity contribution in [2.75, 3.05) is 13.2 Å². The van der Waals surface area contributed by atoms with E-state index in [0.29, 0.717) is 23.9 Å². The Labute approximate surface area is 144 Å². The van der Waals surface area contributed by atoms with Gasteiger partial charge >= 0.3 is 0 Å². The van der Waals surface area contributed by atoms with Gasteiger partial charge in [0.1, 0.15) is 18.1 Å². The molecule has 0 fully saturated rings. The van der Waals surface area contributed by atoms with Crippen LogP contribution in [0.4, 0.5) is 0 Å². The second-order valence-electron chi connectivity index (χ2n) is 5.56. The molecular formula is C18H19N3O4. The van der Waals surface area contributed by atoms with E-state index in [2.05, 4.69) is 20.3 Å². The predicted molar refractivity (Wildman–Crippen MR) is 91.6 cm³/mol. The monoisotopic (exact) mass is 341 g/mol. The number of amides is 1. The number of fused-ring (bicyclic) bond motifs is 1. The molecule has 7 nitrogen and oxygen atoms in total. The van der Waals surface area contributed by atoms with Crippen molar-refractivity contribution in [1.82, 2.24) is 15.6 Å². The van der Waals surface area contributed by atoms with Crippen molar-refractivity contribution < 1.29 is 18.9 Å². The maximum absolute atomic E-state index is 12.1. The Morgan fingerprint density at radius 2 is 2.00 bits per heavy atom. The van der Waals surface area contributed by atoms with Crippen LogP contribution in [0.5, 0.6) is 11.6 Å². The van der Waals surface area contributed by atoms with Crippen LogP contribution in [0.2, 0.25) is 0 Å². The Hall–Kier alpha value is -3.09. The van der Waals surface area contributed by atoms with E-state index in [1.54, 1.807) is 13.8 Å². The Kier molecular flexibility index (Phi) is 5.13. The van der Waals surface area contributed by atoms with Crippen LogP contribution < -0.4 is 14.8 Å². The summed E-state index contributed by atoms with van der Waals surface area (Å²) in [6.45, 7) is 4.03. The topological polar surface area (TPSA) is 86.5 Å². The second kappa shape index (κ2) is 7.65. The summed E-state index contributed by atoms with van der Waals surface area (Å²) in [5.74, 6) is 0.767. The first kappa shape index (κ1) is 16.8. The Bertz CT molecular complexity index is 862. The lowest BCUT2D eigenvalue weighted by molar-refractivity contribution is -0.127. The van der Waals surface area contributed by atoms with Crippen molar-refractivity contribution in [2.45, 2.75) is 20.0 Å². The van der Waals surface area contributed by atoms with E-state index in [1.165, 1.54) is 0 Å². The van der Waals surface area contributed by atoms with Gasteiger partial charge in [-0.05, 0) is 41.9 Å². The van der Waals surface area contributed by atoms with Crippen molar-refractivity contribution in [3.05, 3.63) is 48.2 Å². The smallest absolute Gasteiger partial charge is 0.278 e. The number of carbonyl (C=O) groups is 1. The highest BCUT2D eigenvalue weighted by Crippen LogP contribution is 2.21. The summed E-state index contributed by atoms with van der Waals surface area (Å²) >= 11 is 0. The van der Waals surface area contributed by atoms with Gasteiger partial charge in [0, 0.05) is 0 Å². The van der Waals surface area contributed by atoms with Crippen molar-refractivity contribution in [2.24, 2.45) is 0 Å². The lowest BCUT2D eigenvalue weighted by Gasteiger charge is -2.15. The standard InChI is InChI=1S/C18H19N3O4/c1-12-18(21-25-20-12)23-10-9-19-17(22)13(2)24-16-8-7-14-5-3-4-6-15(14)11-16/h3-8,11,13H,9-10H2,1-2H3,(H,19,22)/t13-/m1/s1. The highest BCUT2D eigenvalue weighted by atomic mass is 16.6. The quantitative estimate of drug-likeness (QED) is 0.665. The lowest BCUT2D eigenvalue weighted by atomic mass is 10.1.